The van der Waals surface area contributed by atoms with E-state index in [1.807, 2.05) is 30.5 Å². The zero-order valence-corrected chi connectivity index (χ0v) is 11.0. The lowest BCUT2D eigenvalue weighted by Crippen LogP contribution is -2.13. The molecule has 2 aromatic carbocycles. The molecule has 0 bridgehead atoms. The monoisotopic (exact) mass is 266 g/mol. The summed E-state index contributed by atoms with van der Waals surface area (Å²) in [6.45, 7) is 0. The van der Waals surface area contributed by atoms with Crippen molar-refractivity contribution < 1.29 is 4.39 Å². The van der Waals surface area contributed by atoms with Crippen LogP contribution in [0.25, 0.3) is 10.9 Å². The fourth-order valence-electron chi connectivity index (χ4n) is 2.28. The van der Waals surface area contributed by atoms with Gasteiger partial charge in [0, 0.05) is 17.6 Å². The van der Waals surface area contributed by atoms with E-state index in [9.17, 15) is 4.39 Å². The van der Waals surface area contributed by atoms with Gasteiger partial charge in [-0.1, -0.05) is 30.3 Å². The Morgan fingerprint density at radius 1 is 1.05 bits per heavy atom. The second kappa shape index (κ2) is 5.39. The van der Waals surface area contributed by atoms with Gasteiger partial charge >= 0.3 is 0 Å². The third-order valence-corrected chi connectivity index (χ3v) is 3.41. The zero-order valence-electron chi connectivity index (χ0n) is 11.0. The number of benzene rings is 2. The van der Waals surface area contributed by atoms with Crippen molar-refractivity contribution in [3.8, 4) is 0 Å². The number of halogens is 1. The molecule has 0 saturated heterocycles. The van der Waals surface area contributed by atoms with Crippen molar-refractivity contribution in [1.82, 2.24) is 4.98 Å². The smallest absolute Gasteiger partial charge is 0.123 e. The van der Waals surface area contributed by atoms with Crippen LogP contribution in [0.1, 0.15) is 17.2 Å². The lowest BCUT2D eigenvalue weighted by Gasteiger charge is -2.12. The first-order valence-electron chi connectivity index (χ1n) is 6.57. The minimum Gasteiger partial charge on any atom is -0.324 e. The van der Waals surface area contributed by atoms with E-state index in [4.69, 9.17) is 5.73 Å². The average molecular weight is 266 g/mol. The Balaban J connectivity index is 1.84. The SMILES string of the molecule is NC(Cc1ccc(F)cc1)c1cnc2ccccc2c1. The summed E-state index contributed by atoms with van der Waals surface area (Å²) >= 11 is 0. The summed E-state index contributed by atoms with van der Waals surface area (Å²) in [4.78, 5) is 4.42. The molecule has 3 heteroatoms. The van der Waals surface area contributed by atoms with Crippen molar-refractivity contribution in [2.45, 2.75) is 12.5 Å². The van der Waals surface area contributed by atoms with Crippen LogP contribution in [0.2, 0.25) is 0 Å². The lowest BCUT2D eigenvalue weighted by atomic mass is 10.00. The van der Waals surface area contributed by atoms with Gasteiger partial charge in [0.05, 0.1) is 5.52 Å². The molecule has 3 rings (SSSR count). The number of hydrogen-bond acceptors (Lipinski definition) is 2. The van der Waals surface area contributed by atoms with Crippen LogP contribution >= 0.6 is 0 Å². The summed E-state index contributed by atoms with van der Waals surface area (Å²) in [5, 5.41) is 1.08. The molecule has 2 N–H and O–H groups in total. The first-order chi connectivity index (χ1) is 9.72. The van der Waals surface area contributed by atoms with Crippen LogP contribution in [-0.4, -0.2) is 4.98 Å². The van der Waals surface area contributed by atoms with Gasteiger partial charge in [0.2, 0.25) is 0 Å². The molecule has 1 unspecified atom stereocenters. The molecule has 0 saturated carbocycles. The summed E-state index contributed by atoms with van der Waals surface area (Å²) in [6.07, 6.45) is 2.48. The first kappa shape index (κ1) is 12.8. The fraction of sp³-hybridized carbons (Fsp3) is 0.118. The molecule has 0 aliphatic heterocycles. The standard InChI is InChI=1S/C17H15FN2/c18-15-7-5-12(6-8-15)9-16(19)14-10-13-3-1-2-4-17(13)20-11-14/h1-8,10-11,16H,9,19H2. The van der Waals surface area contributed by atoms with E-state index in [1.165, 1.54) is 12.1 Å². The number of hydrogen-bond donors (Lipinski definition) is 1. The van der Waals surface area contributed by atoms with Crippen LogP contribution < -0.4 is 5.73 Å². The van der Waals surface area contributed by atoms with Gasteiger partial charge in [0.1, 0.15) is 5.82 Å². The highest BCUT2D eigenvalue weighted by molar-refractivity contribution is 5.78. The highest BCUT2D eigenvalue weighted by atomic mass is 19.1. The Hall–Kier alpha value is -2.26. The summed E-state index contributed by atoms with van der Waals surface area (Å²) in [7, 11) is 0. The third kappa shape index (κ3) is 2.68. The molecule has 3 aromatic rings. The van der Waals surface area contributed by atoms with Gasteiger partial charge in [-0.25, -0.2) is 4.39 Å². The first-order valence-corrected chi connectivity index (χ1v) is 6.57. The minimum absolute atomic E-state index is 0.141. The topological polar surface area (TPSA) is 38.9 Å². The molecule has 1 atom stereocenters. The molecule has 0 amide bonds. The lowest BCUT2D eigenvalue weighted by molar-refractivity contribution is 0.625. The van der Waals surface area contributed by atoms with Gasteiger partial charge in [0.25, 0.3) is 0 Å². The quantitative estimate of drug-likeness (QED) is 0.786. The van der Waals surface area contributed by atoms with Crippen LogP contribution in [0, 0.1) is 5.82 Å². The second-order valence-corrected chi connectivity index (χ2v) is 4.90. The van der Waals surface area contributed by atoms with Gasteiger partial charge in [-0.15, -0.1) is 0 Å². The summed E-state index contributed by atoms with van der Waals surface area (Å²) in [5.41, 5.74) is 9.20. The Morgan fingerprint density at radius 3 is 2.60 bits per heavy atom. The van der Waals surface area contributed by atoms with E-state index in [1.54, 1.807) is 12.1 Å². The normalized spacial score (nSPS) is 12.5. The molecule has 2 nitrogen and oxygen atoms in total. The molecular formula is C17H15FN2. The largest absolute Gasteiger partial charge is 0.324 e. The summed E-state index contributed by atoms with van der Waals surface area (Å²) < 4.78 is 12.9. The molecule has 0 radical (unpaired) electrons. The van der Waals surface area contributed by atoms with Crippen molar-refractivity contribution in [2.75, 3.05) is 0 Å². The van der Waals surface area contributed by atoms with E-state index in [0.29, 0.717) is 6.42 Å². The Bertz CT molecular complexity index is 722. The predicted molar refractivity (Wildman–Crippen MR) is 78.8 cm³/mol. The van der Waals surface area contributed by atoms with Gasteiger partial charge in [-0.2, -0.15) is 0 Å². The van der Waals surface area contributed by atoms with Gasteiger partial charge < -0.3 is 5.73 Å². The van der Waals surface area contributed by atoms with E-state index in [-0.39, 0.29) is 11.9 Å². The number of para-hydroxylation sites is 1. The van der Waals surface area contributed by atoms with Gasteiger partial charge in [0.15, 0.2) is 0 Å². The Labute approximate surface area is 117 Å². The average Bonchev–Trinajstić information content (AvgIpc) is 2.49. The molecule has 0 aliphatic rings. The minimum atomic E-state index is -0.227. The second-order valence-electron chi connectivity index (χ2n) is 4.90. The van der Waals surface area contributed by atoms with Crippen LogP contribution in [0.4, 0.5) is 4.39 Å². The fourth-order valence-corrected chi connectivity index (χ4v) is 2.28. The van der Waals surface area contributed by atoms with E-state index >= 15 is 0 Å². The number of fused-ring (bicyclic) bond motifs is 1. The summed E-state index contributed by atoms with van der Waals surface area (Å²) in [5.74, 6) is -0.227. The maximum Gasteiger partial charge on any atom is 0.123 e. The molecule has 100 valence electrons. The molecule has 0 aliphatic carbocycles. The number of rotatable bonds is 3. The van der Waals surface area contributed by atoms with Crippen molar-refractivity contribution >= 4 is 10.9 Å². The van der Waals surface area contributed by atoms with Crippen LogP contribution in [-0.2, 0) is 6.42 Å². The van der Waals surface area contributed by atoms with Crippen LogP contribution in [0.15, 0.2) is 60.8 Å². The molecule has 0 fully saturated rings. The van der Waals surface area contributed by atoms with Crippen molar-refractivity contribution in [3.05, 3.63) is 77.7 Å². The highest BCUT2D eigenvalue weighted by Gasteiger charge is 2.08. The number of nitrogens with two attached hydrogens (primary N) is 1. The van der Waals surface area contributed by atoms with Crippen molar-refractivity contribution in [3.63, 3.8) is 0 Å². The number of pyridine rings is 1. The van der Waals surface area contributed by atoms with Crippen molar-refractivity contribution in [2.24, 2.45) is 5.73 Å². The molecule has 0 spiro atoms. The van der Waals surface area contributed by atoms with Gasteiger partial charge in [-0.05, 0) is 41.8 Å². The van der Waals surface area contributed by atoms with E-state index in [0.717, 1.165) is 22.0 Å². The number of aromatic nitrogens is 1. The molecular weight excluding hydrogens is 251 g/mol. The maximum absolute atomic E-state index is 12.9. The van der Waals surface area contributed by atoms with Crippen molar-refractivity contribution in [1.29, 1.82) is 0 Å². The van der Waals surface area contributed by atoms with E-state index in [2.05, 4.69) is 11.1 Å². The highest BCUT2D eigenvalue weighted by Crippen LogP contribution is 2.20. The third-order valence-electron chi connectivity index (χ3n) is 3.41. The van der Waals surface area contributed by atoms with Gasteiger partial charge in [-0.3, -0.25) is 4.98 Å². The Morgan fingerprint density at radius 2 is 1.80 bits per heavy atom. The molecule has 1 heterocycles. The van der Waals surface area contributed by atoms with Crippen LogP contribution in [0.5, 0.6) is 0 Å². The van der Waals surface area contributed by atoms with E-state index < -0.39 is 0 Å². The molecule has 20 heavy (non-hydrogen) atoms. The summed E-state index contributed by atoms with van der Waals surface area (Å²) in [6, 6.07) is 16.3. The Kier molecular flexibility index (Phi) is 3.44. The van der Waals surface area contributed by atoms with Crippen LogP contribution in [0.3, 0.4) is 0 Å². The molecule has 1 aromatic heterocycles. The predicted octanol–water partition coefficient (Wildman–Crippen LogP) is 3.62. The zero-order chi connectivity index (χ0) is 13.9. The number of nitrogens with zero attached hydrogens (tertiary/aromatic N) is 1. The maximum atomic E-state index is 12.9.